The second-order valence-corrected chi connectivity index (χ2v) is 8.80. The Morgan fingerprint density at radius 1 is 1.20 bits per heavy atom. The summed E-state index contributed by atoms with van der Waals surface area (Å²) in [6.45, 7) is 2.31. The van der Waals surface area contributed by atoms with Gasteiger partial charge in [0.1, 0.15) is 5.82 Å². The van der Waals surface area contributed by atoms with Crippen molar-refractivity contribution in [3.8, 4) is 11.3 Å². The number of nitrogens with zero attached hydrogens (tertiary/aromatic N) is 2. The fourth-order valence-electron chi connectivity index (χ4n) is 3.03. The van der Waals surface area contributed by atoms with Crippen LogP contribution < -0.4 is 4.31 Å². The summed E-state index contributed by atoms with van der Waals surface area (Å²) in [7, 11) is -3.77. The minimum atomic E-state index is -3.77. The zero-order valence-electron chi connectivity index (χ0n) is 13.4. The van der Waals surface area contributed by atoms with Crippen LogP contribution in [0.15, 0.2) is 52.7 Å². The first kappa shape index (κ1) is 16.2. The number of halogens is 1. The van der Waals surface area contributed by atoms with Crippen LogP contribution >= 0.6 is 11.3 Å². The normalized spacial score (nSPS) is 13.9. The van der Waals surface area contributed by atoms with Gasteiger partial charge in [-0.2, -0.15) is 0 Å². The summed E-state index contributed by atoms with van der Waals surface area (Å²) in [5, 5.41) is 2.98. The lowest BCUT2D eigenvalue weighted by atomic mass is 10.1. The Hall–Kier alpha value is -2.25. The molecule has 7 heteroatoms. The predicted octanol–water partition coefficient (Wildman–Crippen LogP) is 4.01. The van der Waals surface area contributed by atoms with E-state index in [1.165, 1.54) is 22.5 Å². The van der Waals surface area contributed by atoms with Gasteiger partial charge < -0.3 is 0 Å². The Kier molecular flexibility index (Phi) is 3.85. The topological polar surface area (TPSA) is 50.3 Å². The second-order valence-electron chi connectivity index (χ2n) is 5.88. The highest BCUT2D eigenvalue weighted by Gasteiger charge is 2.31. The Labute approximate surface area is 149 Å². The molecule has 0 radical (unpaired) electrons. The van der Waals surface area contributed by atoms with E-state index in [9.17, 15) is 12.8 Å². The summed E-state index contributed by atoms with van der Waals surface area (Å²) in [5.74, 6) is -0.560. The monoisotopic (exact) mass is 374 g/mol. The van der Waals surface area contributed by atoms with Crippen LogP contribution in [0.2, 0.25) is 0 Å². The van der Waals surface area contributed by atoms with Crippen molar-refractivity contribution in [1.82, 2.24) is 4.98 Å². The van der Waals surface area contributed by atoms with Gasteiger partial charge in [-0.25, -0.2) is 17.8 Å². The van der Waals surface area contributed by atoms with E-state index in [2.05, 4.69) is 4.98 Å². The van der Waals surface area contributed by atoms with E-state index in [0.717, 1.165) is 27.9 Å². The molecule has 0 bridgehead atoms. The molecule has 0 saturated heterocycles. The lowest BCUT2D eigenvalue weighted by Gasteiger charge is -2.19. The lowest BCUT2D eigenvalue weighted by Crippen LogP contribution is -2.29. The molecule has 25 heavy (non-hydrogen) atoms. The molecule has 1 aliphatic heterocycles. The molecule has 3 aromatic rings. The van der Waals surface area contributed by atoms with Crippen molar-refractivity contribution in [3.63, 3.8) is 0 Å². The molecule has 4 rings (SSSR count). The summed E-state index contributed by atoms with van der Waals surface area (Å²) in [6, 6.07) is 10.8. The van der Waals surface area contributed by atoms with Crippen molar-refractivity contribution in [1.29, 1.82) is 0 Å². The van der Waals surface area contributed by atoms with Gasteiger partial charge in [-0.1, -0.05) is 12.1 Å². The highest BCUT2D eigenvalue weighted by molar-refractivity contribution is 7.92. The number of rotatable bonds is 3. The molecule has 0 unspecified atom stereocenters. The first-order valence-corrected chi connectivity index (χ1v) is 10.1. The number of thiazole rings is 1. The van der Waals surface area contributed by atoms with Crippen LogP contribution in [0.5, 0.6) is 0 Å². The maximum atomic E-state index is 13.4. The van der Waals surface area contributed by atoms with Gasteiger partial charge in [0.05, 0.1) is 21.3 Å². The van der Waals surface area contributed by atoms with E-state index in [1.54, 1.807) is 11.3 Å². The summed E-state index contributed by atoms with van der Waals surface area (Å²) in [6.07, 6.45) is 0.626. The second kappa shape index (κ2) is 5.93. The molecule has 0 spiro atoms. The molecule has 4 nitrogen and oxygen atoms in total. The average Bonchev–Trinajstić information content (AvgIpc) is 3.20. The fraction of sp³-hybridized carbons (Fsp3) is 0.167. The summed E-state index contributed by atoms with van der Waals surface area (Å²) in [5.41, 5.74) is 3.49. The Balaban J connectivity index is 1.73. The van der Waals surface area contributed by atoms with Gasteiger partial charge >= 0.3 is 0 Å². The van der Waals surface area contributed by atoms with Crippen molar-refractivity contribution in [2.75, 3.05) is 10.8 Å². The Bertz CT molecular complexity index is 1060. The number of hydrogen-bond donors (Lipinski definition) is 0. The van der Waals surface area contributed by atoms with E-state index in [4.69, 9.17) is 0 Å². The van der Waals surface area contributed by atoms with Gasteiger partial charge in [-0.3, -0.25) is 4.31 Å². The number of anilines is 1. The first-order valence-electron chi connectivity index (χ1n) is 7.79. The third-order valence-corrected chi connectivity index (χ3v) is 6.81. The highest BCUT2D eigenvalue weighted by Crippen LogP contribution is 2.36. The molecule has 0 amide bonds. The number of hydrogen-bond acceptors (Lipinski definition) is 4. The maximum absolute atomic E-state index is 13.4. The van der Waals surface area contributed by atoms with E-state index < -0.39 is 15.8 Å². The smallest absolute Gasteiger partial charge is 0.264 e. The van der Waals surface area contributed by atoms with Crippen molar-refractivity contribution in [3.05, 3.63) is 64.2 Å². The number of sulfonamides is 1. The van der Waals surface area contributed by atoms with E-state index in [1.807, 2.05) is 30.5 Å². The molecule has 0 aliphatic carbocycles. The van der Waals surface area contributed by atoms with Gasteiger partial charge in [0.25, 0.3) is 10.0 Å². The molecular weight excluding hydrogens is 359 g/mol. The molecule has 1 aliphatic rings. The molecule has 0 N–H and O–H groups in total. The fourth-order valence-corrected chi connectivity index (χ4v) is 5.19. The van der Waals surface area contributed by atoms with E-state index in [-0.39, 0.29) is 4.90 Å². The standard InChI is InChI=1S/C18H15FN2O2S2/c1-12-20-17(11-24-12)13-5-6-18-14(9-13)7-8-21(18)25(22,23)16-4-2-3-15(19)10-16/h2-6,9-11H,7-8H2,1H3. The SMILES string of the molecule is Cc1nc(-c2ccc3c(c2)CCN3S(=O)(=O)c2cccc(F)c2)cs1. The largest absolute Gasteiger partial charge is 0.266 e. The third-order valence-electron chi connectivity index (χ3n) is 4.23. The number of benzene rings is 2. The van der Waals surface area contributed by atoms with Crippen LogP contribution in [0.1, 0.15) is 10.6 Å². The minimum absolute atomic E-state index is 0.0282. The van der Waals surface area contributed by atoms with Crippen LogP contribution in [0, 0.1) is 12.7 Å². The van der Waals surface area contributed by atoms with Crippen molar-refractivity contribution >= 4 is 27.0 Å². The zero-order chi connectivity index (χ0) is 17.6. The van der Waals surface area contributed by atoms with Crippen molar-refractivity contribution in [2.24, 2.45) is 0 Å². The van der Waals surface area contributed by atoms with Gasteiger partial charge in [-0.05, 0) is 49.2 Å². The summed E-state index contributed by atoms with van der Waals surface area (Å²) >= 11 is 1.58. The predicted molar refractivity (Wildman–Crippen MR) is 96.9 cm³/mol. The molecule has 0 fully saturated rings. The number of aryl methyl sites for hydroxylation is 1. The quantitative estimate of drug-likeness (QED) is 0.696. The van der Waals surface area contributed by atoms with Crippen molar-refractivity contribution in [2.45, 2.75) is 18.2 Å². The van der Waals surface area contributed by atoms with Crippen LogP contribution in [-0.4, -0.2) is 19.9 Å². The molecule has 0 saturated carbocycles. The Morgan fingerprint density at radius 2 is 2.04 bits per heavy atom. The molecule has 1 aromatic heterocycles. The van der Waals surface area contributed by atoms with Gasteiger partial charge in [0.15, 0.2) is 0 Å². The van der Waals surface area contributed by atoms with Crippen LogP contribution in [-0.2, 0) is 16.4 Å². The Morgan fingerprint density at radius 3 is 2.76 bits per heavy atom. The summed E-state index contributed by atoms with van der Waals surface area (Å²) in [4.78, 5) is 4.45. The number of aromatic nitrogens is 1. The summed E-state index contributed by atoms with van der Waals surface area (Å²) < 4.78 is 40.5. The van der Waals surface area contributed by atoms with Crippen LogP contribution in [0.3, 0.4) is 0 Å². The average molecular weight is 374 g/mol. The van der Waals surface area contributed by atoms with E-state index in [0.29, 0.717) is 18.7 Å². The van der Waals surface area contributed by atoms with Gasteiger partial charge in [-0.15, -0.1) is 11.3 Å². The molecular formula is C18H15FN2O2S2. The lowest BCUT2D eigenvalue weighted by molar-refractivity contribution is 0.587. The zero-order valence-corrected chi connectivity index (χ0v) is 15.1. The van der Waals surface area contributed by atoms with Gasteiger partial charge in [0.2, 0.25) is 0 Å². The molecule has 2 aromatic carbocycles. The molecule has 128 valence electrons. The highest BCUT2D eigenvalue weighted by atomic mass is 32.2. The number of fused-ring (bicyclic) bond motifs is 1. The van der Waals surface area contributed by atoms with Gasteiger partial charge in [0, 0.05) is 17.5 Å². The maximum Gasteiger partial charge on any atom is 0.264 e. The third kappa shape index (κ3) is 2.83. The van der Waals surface area contributed by atoms with Crippen molar-refractivity contribution < 1.29 is 12.8 Å². The molecule has 0 atom stereocenters. The van der Waals surface area contributed by atoms with Crippen LogP contribution in [0.4, 0.5) is 10.1 Å². The van der Waals surface area contributed by atoms with E-state index >= 15 is 0 Å². The van der Waals surface area contributed by atoms with Crippen LogP contribution in [0.25, 0.3) is 11.3 Å². The molecule has 2 heterocycles. The first-order chi connectivity index (χ1) is 11.9. The minimum Gasteiger partial charge on any atom is -0.266 e.